The van der Waals surface area contributed by atoms with Crippen molar-refractivity contribution in [3.63, 3.8) is 0 Å². The highest BCUT2D eigenvalue weighted by atomic mass is 16.6. The van der Waals surface area contributed by atoms with Gasteiger partial charge in [-0.2, -0.15) is 0 Å². The van der Waals surface area contributed by atoms with Crippen LogP contribution in [0.4, 0.5) is 5.69 Å². The van der Waals surface area contributed by atoms with Gasteiger partial charge in [0.25, 0.3) is 5.69 Å². The molecule has 1 amide bonds. The number of hydrogen-bond donors (Lipinski definition) is 2. The van der Waals surface area contributed by atoms with Crippen molar-refractivity contribution in [3.8, 4) is 0 Å². The van der Waals surface area contributed by atoms with Gasteiger partial charge in [-0.3, -0.25) is 14.9 Å². The SMILES string of the molecule is O=C(Cc1ccc([N+](=O)[O-])cc1)NCC1NCCc2ccccc21. The molecule has 0 bridgehead atoms. The molecular formula is C18H19N3O3. The van der Waals surface area contributed by atoms with Crippen LogP contribution in [0.25, 0.3) is 0 Å². The summed E-state index contributed by atoms with van der Waals surface area (Å²) in [4.78, 5) is 22.3. The molecule has 1 heterocycles. The van der Waals surface area contributed by atoms with Crippen LogP contribution in [0.3, 0.4) is 0 Å². The van der Waals surface area contributed by atoms with Gasteiger partial charge < -0.3 is 10.6 Å². The molecule has 1 aliphatic heterocycles. The number of amides is 1. The molecule has 0 spiro atoms. The molecule has 0 aromatic heterocycles. The number of carbonyl (C=O) groups excluding carboxylic acids is 1. The molecule has 0 saturated carbocycles. The molecule has 6 heteroatoms. The summed E-state index contributed by atoms with van der Waals surface area (Å²) < 4.78 is 0. The smallest absolute Gasteiger partial charge is 0.269 e. The van der Waals surface area contributed by atoms with E-state index in [1.54, 1.807) is 12.1 Å². The van der Waals surface area contributed by atoms with Crippen LogP contribution in [0.15, 0.2) is 48.5 Å². The van der Waals surface area contributed by atoms with Crippen molar-refractivity contribution in [3.05, 3.63) is 75.3 Å². The number of fused-ring (bicyclic) bond motifs is 1. The standard InChI is InChI=1S/C18H19N3O3/c22-18(11-13-5-7-15(8-6-13)21(23)24)20-12-17-16-4-2-1-3-14(16)9-10-19-17/h1-8,17,19H,9-12H2,(H,20,22). The molecule has 2 aromatic rings. The second-order valence-electron chi connectivity index (χ2n) is 5.86. The van der Waals surface area contributed by atoms with Gasteiger partial charge in [-0.25, -0.2) is 0 Å². The lowest BCUT2D eigenvalue weighted by Gasteiger charge is -2.27. The number of non-ortho nitro benzene ring substituents is 1. The first-order chi connectivity index (χ1) is 11.6. The Bertz CT molecular complexity index is 743. The Morgan fingerprint density at radius 2 is 1.96 bits per heavy atom. The second kappa shape index (κ2) is 7.23. The maximum absolute atomic E-state index is 12.1. The average Bonchev–Trinajstić information content (AvgIpc) is 2.60. The lowest BCUT2D eigenvalue weighted by molar-refractivity contribution is -0.384. The van der Waals surface area contributed by atoms with Crippen LogP contribution in [-0.4, -0.2) is 23.9 Å². The monoisotopic (exact) mass is 325 g/mol. The van der Waals surface area contributed by atoms with Crippen molar-refractivity contribution < 1.29 is 9.72 Å². The van der Waals surface area contributed by atoms with Crippen LogP contribution in [0.5, 0.6) is 0 Å². The molecule has 0 saturated heterocycles. The predicted octanol–water partition coefficient (Wildman–Crippen LogP) is 2.14. The number of nitro benzene ring substituents is 1. The van der Waals surface area contributed by atoms with E-state index in [0.717, 1.165) is 18.5 Å². The largest absolute Gasteiger partial charge is 0.354 e. The summed E-state index contributed by atoms with van der Waals surface area (Å²) in [6.07, 6.45) is 1.22. The fourth-order valence-electron chi connectivity index (χ4n) is 2.97. The van der Waals surface area contributed by atoms with E-state index in [9.17, 15) is 14.9 Å². The van der Waals surface area contributed by atoms with E-state index < -0.39 is 4.92 Å². The molecule has 1 atom stereocenters. The van der Waals surface area contributed by atoms with Crippen LogP contribution in [-0.2, 0) is 17.6 Å². The predicted molar refractivity (Wildman–Crippen MR) is 90.7 cm³/mol. The van der Waals surface area contributed by atoms with Gasteiger partial charge in [0, 0.05) is 24.7 Å². The van der Waals surface area contributed by atoms with Crippen molar-refractivity contribution in [1.29, 1.82) is 0 Å². The number of nitrogens with one attached hydrogen (secondary N) is 2. The lowest BCUT2D eigenvalue weighted by atomic mass is 9.94. The molecule has 0 aliphatic carbocycles. The third kappa shape index (κ3) is 3.78. The molecule has 24 heavy (non-hydrogen) atoms. The number of nitrogens with zero attached hydrogens (tertiary/aromatic N) is 1. The zero-order valence-corrected chi connectivity index (χ0v) is 13.2. The zero-order valence-electron chi connectivity index (χ0n) is 13.2. The van der Waals surface area contributed by atoms with Gasteiger partial charge in [-0.15, -0.1) is 0 Å². The summed E-state index contributed by atoms with van der Waals surface area (Å²) in [5.41, 5.74) is 3.35. The highest BCUT2D eigenvalue weighted by Crippen LogP contribution is 2.21. The van der Waals surface area contributed by atoms with Crippen molar-refractivity contribution in [1.82, 2.24) is 10.6 Å². The summed E-state index contributed by atoms with van der Waals surface area (Å²) in [6, 6.07) is 14.5. The third-order valence-electron chi connectivity index (χ3n) is 4.23. The van der Waals surface area contributed by atoms with Gasteiger partial charge in [0.05, 0.1) is 11.3 Å². The Balaban J connectivity index is 1.55. The molecule has 1 aliphatic rings. The number of hydrogen-bond acceptors (Lipinski definition) is 4. The first-order valence-corrected chi connectivity index (χ1v) is 7.94. The van der Waals surface area contributed by atoms with E-state index in [-0.39, 0.29) is 24.1 Å². The number of carbonyl (C=O) groups is 1. The summed E-state index contributed by atoms with van der Waals surface area (Å²) in [7, 11) is 0. The van der Waals surface area contributed by atoms with E-state index in [1.165, 1.54) is 23.3 Å². The Morgan fingerprint density at radius 3 is 2.71 bits per heavy atom. The highest BCUT2D eigenvalue weighted by molar-refractivity contribution is 5.78. The van der Waals surface area contributed by atoms with Gasteiger partial charge in [0.15, 0.2) is 0 Å². The molecular weight excluding hydrogens is 306 g/mol. The summed E-state index contributed by atoms with van der Waals surface area (Å²) in [5.74, 6) is -0.0892. The molecule has 6 nitrogen and oxygen atoms in total. The maximum Gasteiger partial charge on any atom is 0.269 e. The van der Waals surface area contributed by atoms with E-state index in [2.05, 4.69) is 22.8 Å². The second-order valence-corrected chi connectivity index (χ2v) is 5.86. The summed E-state index contributed by atoms with van der Waals surface area (Å²) in [5, 5.41) is 17.0. The fraction of sp³-hybridized carbons (Fsp3) is 0.278. The molecule has 3 rings (SSSR count). The highest BCUT2D eigenvalue weighted by Gasteiger charge is 2.19. The van der Waals surface area contributed by atoms with Gasteiger partial charge in [-0.05, 0) is 29.7 Å². The third-order valence-corrected chi connectivity index (χ3v) is 4.23. The van der Waals surface area contributed by atoms with E-state index >= 15 is 0 Å². The van der Waals surface area contributed by atoms with Crippen LogP contribution in [0, 0.1) is 10.1 Å². The summed E-state index contributed by atoms with van der Waals surface area (Å²) >= 11 is 0. The van der Waals surface area contributed by atoms with Gasteiger partial charge in [0.1, 0.15) is 0 Å². The van der Waals surface area contributed by atoms with Crippen LogP contribution in [0.2, 0.25) is 0 Å². The minimum Gasteiger partial charge on any atom is -0.354 e. The molecule has 2 N–H and O–H groups in total. The van der Waals surface area contributed by atoms with Crippen LogP contribution >= 0.6 is 0 Å². The summed E-state index contributed by atoms with van der Waals surface area (Å²) in [6.45, 7) is 1.43. The van der Waals surface area contributed by atoms with Crippen LogP contribution in [0.1, 0.15) is 22.7 Å². The van der Waals surface area contributed by atoms with E-state index in [0.29, 0.717) is 6.54 Å². The molecule has 1 unspecified atom stereocenters. The molecule has 0 radical (unpaired) electrons. The Labute approximate surface area is 140 Å². The number of rotatable bonds is 5. The average molecular weight is 325 g/mol. The Morgan fingerprint density at radius 1 is 1.21 bits per heavy atom. The van der Waals surface area contributed by atoms with E-state index in [4.69, 9.17) is 0 Å². The number of benzene rings is 2. The quantitative estimate of drug-likeness (QED) is 0.651. The maximum atomic E-state index is 12.1. The van der Waals surface area contributed by atoms with Gasteiger partial charge in [0.2, 0.25) is 5.91 Å². The minimum atomic E-state index is -0.448. The number of nitro groups is 1. The molecule has 2 aromatic carbocycles. The van der Waals surface area contributed by atoms with Crippen molar-refractivity contribution in [2.75, 3.05) is 13.1 Å². The lowest BCUT2D eigenvalue weighted by Crippen LogP contribution is -2.39. The fourth-order valence-corrected chi connectivity index (χ4v) is 2.97. The van der Waals surface area contributed by atoms with Crippen molar-refractivity contribution in [2.45, 2.75) is 18.9 Å². The Kier molecular flexibility index (Phi) is 4.86. The first kappa shape index (κ1) is 16.1. The zero-order chi connectivity index (χ0) is 16.9. The Hall–Kier alpha value is -2.73. The first-order valence-electron chi connectivity index (χ1n) is 7.94. The van der Waals surface area contributed by atoms with Crippen molar-refractivity contribution >= 4 is 11.6 Å². The normalized spacial score (nSPS) is 16.2. The van der Waals surface area contributed by atoms with E-state index in [1.807, 2.05) is 12.1 Å². The van der Waals surface area contributed by atoms with Crippen LogP contribution < -0.4 is 10.6 Å². The van der Waals surface area contributed by atoms with Gasteiger partial charge in [-0.1, -0.05) is 36.4 Å². The van der Waals surface area contributed by atoms with Crippen molar-refractivity contribution in [2.24, 2.45) is 0 Å². The minimum absolute atomic E-state index is 0.0298. The molecule has 124 valence electrons. The molecule has 0 fully saturated rings. The topological polar surface area (TPSA) is 84.3 Å². The van der Waals surface area contributed by atoms with Gasteiger partial charge >= 0.3 is 0 Å².